The largest absolute Gasteiger partial charge is 0.416 e. The number of hydrogen-bond acceptors (Lipinski definition) is 2. The number of carbonyl (C=O) groups excluding carboxylic acids is 1. The molecule has 0 saturated heterocycles. The highest BCUT2D eigenvalue weighted by Crippen LogP contribution is 2.34. The number of nitriles is 1. The number of benzene rings is 1. The van der Waals surface area contributed by atoms with Gasteiger partial charge in [-0.05, 0) is 30.2 Å². The van der Waals surface area contributed by atoms with Gasteiger partial charge in [-0.15, -0.1) is 0 Å². The van der Waals surface area contributed by atoms with E-state index in [0.29, 0.717) is 5.56 Å². The molecule has 0 unspecified atom stereocenters. The van der Waals surface area contributed by atoms with Crippen LogP contribution in [0.3, 0.4) is 0 Å². The molecule has 0 spiro atoms. The predicted molar refractivity (Wildman–Crippen MR) is 55.8 cm³/mol. The summed E-state index contributed by atoms with van der Waals surface area (Å²) in [6.45, 7) is 1.49. The topological polar surface area (TPSA) is 40.9 Å². The molecule has 0 aliphatic carbocycles. The molecule has 0 N–H and O–H groups in total. The summed E-state index contributed by atoms with van der Waals surface area (Å²) in [4.78, 5) is 10.4. The summed E-state index contributed by atoms with van der Waals surface area (Å²) in [6.07, 6.45) is -3.33. The van der Waals surface area contributed by atoms with Crippen molar-refractivity contribution in [2.75, 3.05) is 0 Å². The fraction of sp³-hybridized carbons (Fsp3) is 0.167. The number of nitrogens with zero attached hydrogens (tertiary/aromatic N) is 1. The van der Waals surface area contributed by atoms with Crippen molar-refractivity contribution in [1.82, 2.24) is 0 Å². The Kier molecular flexibility index (Phi) is 3.69. The van der Waals surface area contributed by atoms with Crippen LogP contribution in [0, 0.1) is 18.3 Å². The molecule has 0 fully saturated rings. The van der Waals surface area contributed by atoms with E-state index in [4.69, 9.17) is 5.26 Å². The van der Waals surface area contributed by atoms with Crippen LogP contribution in [0.4, 0.5) is 13.2 Å². The molecule has 1 aromatic carbocycles. The molecule has 0 aromatic heterocycles. The Morgan fingerprint density at radius 2 is 2.06 bits per heavy atom. The van der Waals surface area contributed by atoms with Gasteiger partial charge in [-0.3, -0.25) is 4.79 Å². The van der Waals surface area contributed by atoms with Crippen molar-refractivity contribution in [3.63, 3.8) is 0 Å². The van der Waals surface area contributed by atoms with E-state index in [9.17, 15) is 18.0 Å². The molecule has 0 saturated carbocycles. The third kappa shape index (κ3) is 2.94. The Morgan fingerprint density at radius 3 is 2.53 bits per heavy atom. The SMILES string of the molecule is Cc1cccc(C(F)(F)F)c1C=C(C#N)C=O. The number of allylic oxidation sites excluding steroid dienone is 1. The summed E-state index contributed by atoms with van der Waals surface area (Å²) in [5, 5.41) is 8.54. The summed E-state index contributed by atoms with van der Waals surface area (Å²) in [5.41, 5.74) is -0.991. The van der Waals surface area contributed by atoms with Crippen LogP contribution in [0.2, 0.25) is 0 Å². The van der Waals surface area contributed by atoms with Gasteiger partial charge in [-0.1, -0.05) is 12.1 Å². The summed E-state index contributed by atoms with van der Waals surface area (Å²) in [6, 6.07) is 5.21. The minimum atomic E-state index is -4.51. The number of halogens is 3. The minimum Gasteiger partial charge on any atom is -0.297 e. The first-order valence-corrected chi connectivity index (χ1v) is 4.64. The average Bonchev–Trinajstić information content (AvgIpc) is 2.26. The molecular weight excluding hydrogens is 231 g/mol. The van der Waals surface area contributed by atoms with E-state index in [0.717, 1.165) is 12.1 Å². The van der Waals surface area contributed by atoms with E-state index >= 15 is 0 Å². The first-order valence-electron chi connectivity index (χ1n) is 4.64. The molecule has 88 valence electrons. The minimum absolute atomic E-state index is 0.149. The third-order valence-corrected chi connectivity index (χ3v) is 2.19. The van der Waals surface area contributed by atoms with Crippen LogP contribution in [0.5, 0.6) is 0 Å². The number of carbonyl (C=O) groups is 1. The van der Waals surface area contributed by atoms with E-state index in [1.54, 1.807) is 0 Å². The third-order valence-electron chi connectivity index (χ3n) is 2.19. The van der Waals surface area contributed by atoms with Crippen molar-refractivity contribution in [3.05, 3.63) is 40.5 Å². The van der Waals surface area contributed by atoms with Crippen LogP contribution >= 0.6 is 0 Å². The molecular formula is C12H8F3NO. The molecule has 0 heterocycles. The van der Waals surface area contributed by atoms with Crippen LogP contribution in [0.25, 0.3) is 6.08 Å². The van der Waals surface area contributed by atoms with E-state index in [1.807, 2.05) is 0 Å². The zero-order valence-corrected chi connectivity index (χ0v) is 8.88. The second-order valence-corrected chi connectivity index (χ2v) is 3.36. The number of hydrogen-bond donors (Lipinski definition) is 0. The summed E-state index contributed by atoms with van der Waals surface area (Å²) < 4.78 is 38.1. The molecule has 0 atom stereocenters. The first kappa shape index (κ1) is 13.0. The highest BCUT2D eigenvalue weighted by molar-refractivity contribution is 5.87. The number of rotatable bonds is 2. The second-order valence-electron chi connectivity index (χ2n) is 3.36. The molecule has 1 rings (SSSR count). The maximum atomic E-state index is 12.7. The number of aldehydes is 1. The fourth-order valence-electron chi connectivity index (χ4n) is 1.37. The maximum absolute atomic E-state index is 12.7. The van der Waals surface area contributed by atoms with E-state index in [1.165, 1.54) is 25.1 Å². The smallest absolute Gasteiger partial charge is 0.297 e. The molecule has 5 heteroatoms. The van der Waals surface area contributed by atoms with Gasteiger partial charge in [-0.2, -0.15) is 18.4 Å². The van der Waals surface area contributed by atoms with Crippen molar-refractivity contribution >= 4 is 12.4 Å². The summed E-state index contributed by atoms with van der Waals surface area (Å²) in [5.74, 6) is 0. The highest BCUT2D eigenvalue weighted by atomic mass is 19.4. The molecule has 0 aliphatic heterocycles. The summed E-state index contributed by atoms with van der Waals surface area (Å²) >= 11 is 0. The van der Waals surface area contributed by atoms with Gasteiger partial charge in [0.1, 0.15) is 6.07 Å². The monoisotopic (exact) mass is 239 g/mol. The molecule has 0 bridgehead atoms. The van der Waals surface area contributed by atoms with Crippen molar-refractivity contribution in [3.8, 4) is 6.07 Å². The lowest BCUT2D eigenvalue weighted by Gasteiger charge is -2.12. The Bertz CT molecular complexity index is 509. The van der Waals surface area contributed by atoms with Crippen LogP contribution in [-0.4, -0.2) is 6.29 Å². The molecule has 17 heavy (non-hydrogen) atoms. The van der Waals surface area contributed by atoms with E-state index < -0.39 is 11.7 Å². The van der Waals surface area contributed by atoms with Crippen molar-refractivity contribution in [2.45, 2.75) is 13.1 Å². The quantitative estimate of drug-likeness (QED) is 0.452. The van der Waals surface area contributed by atoms with Crippen molar-refractivity contribution in [2.24, 2.45) is 0 Å². The van der Waals surface area contributed by atoms with Gasteiger partial charge in [0, 0.05) is 0 Å². The summed E-state index contributed by atoms with van der Waals surface area (Å²) in [7, 11) is 0. The normalized spacial score (nSPS) is 12.1. The number of aryl methyl sites for hydroxylation is 1. The van der Waals surface area contributed by atoms with Crippen LogP contribution in [0.15, 0.2) is 23.8 Å². The van der Waals surface area contributed by atoms with Crippen molar-refractivity contribution in [1.29, 1.82) is 5.26 Å². The zero-order valence-electron chi connectivity index (χ0n) is 8.88. The molecule has 1 aromatic rings. The van der Waals surface area contributed by atoms with Crippen LogP contribution in [0.1, 0.15) is 16.7 Å². The molecule has 0 aliphatic rings. The predicted octanol–water partition coefficient (Wildman–Crippen LogP) is 3.12. The van der Waals surface area contributed by atoms with Crippen LogP contribution < -0.4 is 0 Å². The molecule has 0 amide bonds. The van der Waals surface area contributed by atoms with Gasteiger partial charge in [0.05, 0.1) is 11.1 Å². The lowest BCUT2D eigenvalue weighted by Crippen LogP contribution is -2.08. The Hall–Kier alpha value is -2.09. The molecule has 2 nitrogen and oxygen atoms in total. The van der Waals surface area contributed by atoms with Gasteiger partial charge >= 0.3 is 6.18 Å². The van der Waals surface area contributed by atoms with E-state index in [2.05, 4.69) is 0 Å². The van der Waals surface area contributed by atoms with E-state index in [-0.39, 0.29) is 17.4 Å². The zero-order chi connectivity index (χ0) is 13.1. The maximum Gasteiger partial charge on any atom is 0.416 e. The van der Waals surface area contributed by atoms with Gasteiger partial charge < -0.3 is 0 Å². The lowest BCUT2D eigenvalue weighted by molar-refractivity contribution is -0.137. The van der Waals surface area contributed by atoms with Gasteiger partial charge in [0.15, 0.2) is 6.29 Å². The fourth-order valence-corrected chi connectivity index (χ4v) is 1.37. The van der Waals surface area contributed by atoms with Crippen LogP contribution in [-0.2, 0) is 11.0 Å². The lowest BCUT2D eigenvalue weighted by atomic mass is 9.99. The Balaban J connectivity index is 3.47. The average molecular weight is 239 g/mol. The standard InChI is InChI=1S/C12H8F3NO/c1-8-3-2-4-11(12(13,14)15)10(8)5-9(6-16)7-17/h2-5,7H,1H3. The van der Waals surface area contributed by atoms with Gasteiger partial charge in [0.25, 0.3) is 0 Å². The van der Waals surface area contributed by atoms with Gasteiger partial charge in [-0.25, -0.2) is 0 Å². The molecule has 0 radical (unpaired) electrons. The Labute approximate surface area is 96.0 Å². The first-order chi connectivity index (χ1) is 7.90. The van der Waals surface area contributed by atoms with Gasteiger partial charge in [0.2, 0.25) is 0 Å². The van der Waals surface area contributed by atoms with Crippen molar-refractivity contribution < 1.29 is 18.0 Å². The number of alkyl halides is 3. The second kappa shape index (κ2) is 4.83. The Morgan fingerprint density at radius 1 is 1.41 bits per heavy atom. The highest BCUT2D eigenvalue weighted by Gasteiger charge is 2.33.